The lowest BCUT2D eigenvalue weighted by molar-refractivity contribution is 0.772. The highest BCUT2D eigenvalue weighted by Crippen LogP contribution is 2.40. The minimum Gasteiger partial charge on any atom is -0.356 e. The molecule has 1 aliphatic carbocycles. The van der Waals surface area contributed by atoms with Crippen molar-refractivity contribution in [3.8, 4) is 0 Å². The van der Waals surface area contributed by atoms with Crippen LogP contribution in [-0.2, 0) is 6.42 Å². The van der Waals surface area contributed by atoms with Gasteiger partial charge in [-0.05, 0) is 24.1 Å². The van der Waals surface area contributed by atoms with Crippen molar-refractivity contribution in [1.82, 2.24) is 15.6 Å². The average molecular weight is 294 g/mol. The molecule has 0 bridgehead atoms. The summed E-state index contributed by atoms with van der Waals surface area (Å²) in [6.45, 7) is 0.833. The average Bonchev–Trinajstić information content (AvgIpc) is 3.35. The number of rotatable bonds is 5. The first-order chi connectivity index (χ1) is 10.9. The maximum atomic E-state index is 4.33. The van der Waals surface area contributed by atoms with Crippen molar-refractivity contribution in [2.45, 2.75) is 24.8 Å². The lowest BCUT2D eigenvalue weighted by atomic mass is 10.1. The van der Waals surface area contributed by atoms with Gasteiger partial charge in [-0.1, -0.05) is 36.4 Å². The fourth-order valence-electron chi connectivity index (χ4n) is 2.65. The Labute approximate surface area is 131 Å². The van der Waals surface area contributed by atoms with Gasteiger partial charge in [-0.3, -0.25) is 9.98 Å². The molecule has 0 spiro atoms. The number of benzene rings is 1. The van der Waals surface area contributed by atoms with Gasteiger partial charge in [-0.15, -0.1) is 0 Å². The zero-order valence-corrected chi connectivity index (χ0v) is 12.9. The van der Waals surface area contributed by atoms with Gasteiger partial charge in [0, 0.05) is 43.9 Å². The summed E-state index contributed by atoms with van der Waals surface area (Å²) in [4.78, 5) is 8.63. The van der Waals surface area contributed by atoms with Crippen LogP contribution in [0.15, 0.2) is 59.7 Å². The molecule has 2 aromatic rings. The predicted octanol–water partition coefficient (Wildman–Crippen LogP) is 2.35. The number of pyridine rings is 1. The van der Waals surface area contributed by atoms with E-state index in [4.69, 9.17) is 0 Å². The van der Waals surface area contributed by atoms with E-state index in [0.29, 0.717) is 12.0 Å². The molecular formula is C18H22N4. The van der Waals surface area contributed by atoms with Gasteiger partial charge in [-0.25, -0.2) is 0 Å². The molecule has 0 saturated heterocycles. The first kappa shape index (κ1) is 14.6. The van der Waals surface area contributed by atoms with E-state index < -0.39 is 0 Å². The third kappa shape index (κ3) is 3.85. The molecule has 22 heavy (non-hydrogen) atoms. The van der Waals surface area contributed by atoms with Crippen LogP contribution in [0.3, 0.4) is 0 Å². The smallest absolute Gasteiger partial charge is 0.191 e. The Bertz CT molecular complexity index is 609. The van der Waals surface area contributed by atoms with Crippen molar-refractivity contribution in [2.75, 3.05) is 13.6 Å². The molecule has 4 nitrogen and oxygen atoms in total. The van der Waals surface area contributed by atoms with E-state index in [1.165, 1.54) is 12.0 Å². The van der Waals surface area contributed by atoms with Crippen LogP contribution in [0.4, 0.5) is 0 Å². The van der Waals surface area contributed by atoms with Gasteiger partial charge in [0.05, 0.1) is 0 Å². The molecule has 1 aromatic carbocycles. The summed E-state index contributed by atoms with van der Waals surface area (Å²) in [6.07, 6.45) is 3.90. The second-order valence-electron chi connectivity index (χ2n) is 5.57. The van der Waals surface area contributed by atoms with Gasteiger partial charge in [0.25, 0.3) is 0 Å². The second-order valence-corrected chi connectivity index (χ2v) is 5.57. The molecular weight excluding hydrogens is 272 g/mol. The van der Waals surface area contributed by atoms with E-state index >= 15 is 0 Å². The summed E-state index contributed by atoms with van der Waals surface area (Å²) in [7, 11) is 1.82. The topological polar surface area (TPSA) is 49.3 Å². The van der Waals surface area contributed by atoms with E-state index in [0.717, 1.165) is 24.6 Å². The van der Waals surface area contributed by atoms with Gasteiger partial charge < -0.3 is 10.6 Å². The number of aromatic nitrogens is 1. The highest BCUT2D eigenvalue weighted by molar-refractivity contribution is 5.80. The molecule has 114 valence electrons. The van der Waals surface area contributed by atoms with Crippen molar-refractivity contribution < 1.29 is 0 Å². The van der Waals surface area contributed by atoms with Crippen LogP contribution in [0.5, 0.6) is 0 Å². The first-order valence-electron chi connectivity index (χ1n) is 7.79. The van der Waals surface area contributed by atoms with Gasteiger partial charge in [0.2, 0.25) is 0 Å². The lowest BCUT2D eigenvalue weighted by Crippen LogP contribution is -2.40. The minimum atomic E-state index is 0.489. The Kier molecular flexibility index (Phi) is 4.68. The Morgan fingerprint density at radius 1 is 1.18 bits per heavy atom. The number of nitrogens with one attached hydrogen (secondary N) is 2. The maximum absolute atomic E-state index is 4.33. The number of hydrogen-bond acceptors (Lipinski definition) is 2. The van der Waals surface area contributed by atoms with Gasteiger partial charge in [0.15, 0.2) is 5.96 Å². The summed E-state index contributed by atoms with van der Waals surface area (Å²) in [6, 6.07) is 17.2. The number of guanidine groups is 1. The van der Waals surface area contributed by atoms with E-state index in [9.17, 15) is 0 Å². The molecule has 4 heteroatoms. The van der Waals surface area contributed by atoms with Gasteiger partial charge in [0.1, 0.15) is 0 Å². The Hall–Kier alpha value is -2.36. The lowest BCUT2D eigenvalue weighted by Gasteiger charge is -2.11. The van der Waals surface area contributed by atoms with E-state index in [1.54, 1.807) is 0 Å². The maximum Gasteiger partial charge on any atom is 0.191 e. The standard InChI is InChI=1S/C18H22N4/c1-19-18(21-12-10-15-9-5-6-11-20-15)22-17-13-16(17)14-7-3-2-4-8-14/h2-9,11,16-17H,10,12-13H2,1H3,(H2,19,21,22). The molecule has 0 amide bonds. The molecule has 1 fully saturated rings. The third-order valence-corrected chi connectivity index (χ3v) is 3.96. The monoisotopic (exact) mass is 294 g/mol. The number of hydrogen-bond donors (Lipinski definition) is 2. The van der Waals surface area contributed by atoms with Crippen LogP contribution in [0.2, 0.25) is 0 Å². The first-order valence-corrected chi connectivity index (χ1v) is 7.79. The summed E-state index contributed by atoms with van der Waals surface area (Å²) in [5.41, 5.74) is 2.50. The van der Waals surface area contributed by atoms with Crippen molar-refractivity contribution in [3.05, 3.63) is 66.0 Å². The summed E-state index contributed by atoms with van der Waals surface area (Å²) >= 11 is 0. The molecule has 1 saturated carbocycles. The normalized spacial score (nSPS) is 20.5. The molecule has 0 radical (unpaired) electrons. The van der Waals surface area contributed by atoms with Crippen LogP contribution < -0.4 is 10.6 Å². The van der Waals surface area contributed by atoms with Crippen molar-refractivity contribution in [1.29, 1.82) is 0 Å². The molecule has 3 rings (SSSR count). The minimum absolute atomic E-state index is 0.489. The molecule has 0 aliphatic heterocycles. The largest absolute Gasteiger partial charge is 0.356 e. The summed E-state index contributed by atoms with van der Waals surface area (Å²) < 4.78 is 0. The van der Waals surface area contributed by atoms with E-state index in [1.807, 2.05) is 31.4 Å². The van der Waals surface area contributed by atoms with Gasteiger partial charge in [-0.2, -0.15) is 0 Å². The molecule has 2 N–H and O–H groups in total. The van der Waals surface area contributed by atoms with E-state index in [-0.39, 0.29) is 0 Å². The number of nitrogens with zero attached hydrogens (tertiary/aromatic N) is 2. The molecule has 1 aromatic heterocycles. The van der Waals surface area contributed by atoms with Crippen LogP contribution in [0, 0.1) is 0 Å². The number of aliphatic imine (C=N–C) groups is 1. The van der Waals surface area contributed by atoms with Crippen molar-refractivity contribution >= 4 is 5.96 Å². The van der Waals surface area contributed by atoms with Gasteiger partial charge >= 0.3 is 0 Å². The SMILES string of the molecule is CN=C(NCCc1ccccn1)NC1CC1c1ccccc1. The molecule has 2 unspecified atom stereocenters. The van der Waals surface area contributed by atoms with Crippen LogP contribution in [-0.4, -0.2) is 30.6 Å². The van der Waals surface area contributed by atoms with Crippen LogP contribution in [0.25, 0.3) is 0 Å². The Morgan fingerprint density at radius 3 is 2.73 bits per heavy atom. The quantitative estimate of drug-likeness (QED) is 0.657. The molecule has 2 atom stereocenters. The van der Waals surface area contributed by atoms with Crippen molar-refractivity contribution in [3.63, 3.8) is 0 Å². The second kappa shape index (κ2) is 7.07. The molecule has 1 aliphatic rings. The van der Waals surface area contributed by atoms with E-state index in [2.05, 4.69) is 50.9 Å². The predicted molar refractivity (Wildman–Crippen MR) is 90.0 cm³/mol. The highest BCUT2D eigenvalue weighted by Gasteiger charge is 2.38. The van der Waals surface area contributed by atoms with Crippen LogP contribution in [0.1, 0.15) is 23.6 Å². The fourth-order valence-corrected chi connectivity index (χ4v) is 2.65. The summed E-state index contributed by atoms with van der Waals surface area (Å²) in [5, 5.41) is 6.85. The van der Waals surface area contributed by atoms with Crippen molar-refractivity contribution in [2.24, 2.45) is 4.99 Å². The highest BCUT2D eigenvalue weighted by atomic mass is 15.2. The fraction of sp³-hybridized carbons (Fsp3) is 0.333. The summed E-state index contributed by atoms with van der Waals surface area (Å²) in [5.74, 6) is 1.48. The Balaban J connectivity index is 1.44. The Morgan fingerprint density at radius 2 is 2.00 bits per heavy atom. The van der Waals surface area contributed by atoms with Crippen LogP contribution >= 0.6 is 0 Å². The zero-order chi connectivity index (χ0) is 15.2. The third-order valence-electron chi connectivity index (χ3n) is 3.96. The molecule has 1 heterocycles. The zero-order valence-electron chi connectivity index (χ0n) is 12.9.